The van der Waals surface area contributed by atoms with Crippen LogP contribution in [0.15, 0.2) is 42.6 Å². The Morgan fingerprint density at radius 2 is 1.92 bits per heavy atom. The average molecular weight is 486 g/mol. The number of hydrogen-bond donors (Lipinski definition) is 1. The Bertz CT molecular complexity index is 1190. The van der Waals surface area contributed by atoms with E-state index in [0.29, 0.717) is 24.8 Å². The highest BCUT2D eigenvalue weighted by Gasteiger charge is 2.39. The molecule has 5 rings (SSSR count). The van der Waals surface area contributed by atoms with Crippen LogP contribution in [-0.2, 0) is 11.2 Å². The predicted octanol–water partition coefficient (Wildman–Crippen LogP) is 6.52. The minimum atomic E-state index is -0.0703. The Morgan fingerprint density at radius 1 is 1.11 bits per heavy atom. The minimum absolute atomic E-state index is 0.00965. The highest BCUT2D eigenvalue weighted by molar-refractivity contribution is 5.92. The van der Waals surface area contributed by atoms with Crippen molar-refractivity contribution in [1.29, 1.82) is 0 Å². The molecular weight excluding hydrogens is 446 g/mol. The van der Waals surface area contributed by atoms with Crippen LogP contribution in [0.1, 0.15) is 98.7 Å². The summed E-state index contributed by atoms with van der Waals surface area (Å²) in [5, 5.41) is 12.7. The monoisotopic (exact) mass is 485 g/mol. The van der Waals surface area contributed by atoms with Gasteiger partial charge in [-0.05, 0) is 81.5 Å². The second-order valence-electron chi connectivity index (χ2n) is 11.5. The topological polar surface area (TPSA) is 72.7 Å². The summed E-state index contributed by atoms with van der Waals surface area (Å²) in [5.41, 5.74) is 4.12. The van der Waals surface area contributed by atoms with Crippen molar-refractivity contribution in [3.8, 4) is 0 Å². The van der Waals surface area contributed by atoms with Gasteiger partial charge in [-0.15, -0.1) is 10.2 Å². The number of pyridine rings is 1. The number of hydrogen-bond acceptors (Lipinski definition) is 4. The molecule has 1 N–H and O–H groups in total. The molecule has 3 aromatic rings. The summed E-state index contributed by atoms with van der Waals surface area (Å²) < 4.78 is 2.41. The molecule has 2 aromatic heterocycles. The van der Waals surface area contributed by atoms with E-state index < -0.39 is 0 Å². The quantitative estimate of drug-likeness (QED) is 0.355. The van der Waals surface area contributed by atoms with E-state index in [1.807, 2.05) is 43.5 Å². The number of aryl methyl sites for hydroxylation is 2. The van der Waals surface area contributed by atoms with E-state index in [1.54, 1.807) is 0 Å². The number of carbonyl (C=O) groups is 1. The van der Waals surface area contributed by atoms with Crippen molar-refractivity contribution in [3.63, 3.8) is 0 Å². The number of benzene rings is 1. The molecule has 1 aromatic carbocycles. The van der Waals surface area contributed by atoms with Crippen molar-refractivity contribution in [2.24, 2.45) is 11.8 Å². The van der Waals surface area contributed by atoms with Crippen LogP contribution in [0.25, 0.3) is 0 Å². The minimum Gasteiger partial charge on any atom is -0.326 e. The van der Waals surface area contributed by atoms with Gasteiger partial charge in [-0.1, -0.05) is 37.6 Å². The molecule has 2 saturated carbocycles. The van der Waals surface area contributed by atoms with Gasteiger partial charge in [0.05, 0.1) is 0 Å². The predicted molar refractivity (Wildman–Crippen MR) is 143 cm³/mol. The maximum Gasteiger partial charge on any atom is 0.225 e. The molecule has 2 aliphatic carbocycles. The Kier molecular flexibility index (Phi) is 7.22. The molecule has 2 aliphatic rings. The number of anilines is 1. The van der Waals surface area contributed by atoms with Gasteiger partial charge in [0.2, 0.25) is 5.91 Å². The molecule has 36 heavy (non-hydrogen) atoms. The first-order valence-corrected chi connectivity index (χ1v) is 13.6. The summed E-state index contributed by atoms with van der Waals surface area (Å²) in [7, 11) is 0. The zero-order chi connectivity index (χ0) is 25.2. The summed E-state index contributed by atoms with van der Waals surface area (Å²) in [6, 6.07) is 12.6. The van der Waals surface area contributed by atoms with Crippen LogP contribution >= 0.6 is 0 Å². The van der Waals surface area contributed by atoms with Gasteiger partial charge in [0, 0.05) is 48.3 Å². The van der Waals surface area contributed by atoms with Crippen LogP contribution in [0.4, 0.5) is 5.69 Å². The Hall–Kier alpha value is -3.02. The van der Waals surface area contributed by atoms with Crippen LogP contribution in [0.5, 0.6) is 0 Å². The van der Waals surface area contributed by atoms with Crippen molar-refractivity contribution in [1.82, 2.24) is 19.7 Å². The molecule has 0 spiro atoms. The van der Waals surface area contributed by atoms with Gasteiger partial charge >= 0.3 is 0 Å². The summed E-state index contributed by atoms with van der Waals surface area (Å²) >= 11 is 0. The fraction of sp³-hybridized carbons (Fsp3) is 0.533. The normalized spacial score (nSPS) is 20.2. The maximum atomic E-state index is 13.3. The first kappa shape index (κ1) is 24.7. The molecule has 0 saturated heterocycles. The maximum absolute atomic E-state index is 13.3. The van der Waals surface area contributed by atoms with Crippen LogP contribution in [0.3, 0.4) is 0 Å². The van der Waals surface area contributed by atoms with E-state index in [9.17, 15) is 4.79 Å². The van der Waals surface area contributed by atoms with Crippen molar-refractivity contribution >= 4 is 11.6 Å². The Labute approximate surface area is 214 Å². The van der Waals surface area contributed by atoms with Gasteiger partial charge in [0.1, 0.15) is 11.6 Å². The molecule has 1 amide bonds. The van der Waals surface area contributed by atoms with E-state index in [-0.39, 0.29) is 11.8 Å². The lowest BCUT2D eigenvalue weighted by Crippen LogP contribution is -2.27. The number of rotatable bonds is 10. The van der Waals surface area contributed by atoms with Gasteiger partial charge < -0.3 is 9.88 Å². The van der Waals surface area contributed by atoms with Crippen molar-refractivity contribution in [3.05, 3.63) is 71.1 Å². The molecule has 0 bridgehead atoms. The summed E-state index contributed by atoms with van der Waals surface area (Å²) in [4.78, 5) is 17.9. The number of amides is 1. The first-order valence-electron chi connectivity index (χ1n) is 13.6. The third-order valence-corrected chi connectivity index (χ3v) is 7.70. The zero-order valence-corrected chi connectivity index (χ0v) is 22.1. The fourth-order valence-corrected chi connectivity index (χ4v) is 5.79. The number of aromatic nitrogens is 4. The molecule has 6 nitrogen and oxygen atoms in total. The van der Waals surface area contributed by atoms with Crippen LogP contribution in [-0.4, -0.2) is 25.7 Å². The molecule has 0 aliphatic heterocycles. The van der Waals surface area contributed by atoms with Crippen LogP contribution < -0.4 is 5.32 Å². The van der Waals surface area contributed by atoms with E-state index in [4.69, 9.17) is 10.2 Å². The summed E-state index contributed by atoms with van der Waals surface area (Å²) in [6.07, 6.45) is 8.91. The highest BCUT2D eigenvalue weighted by atomic mass is 16.1. The van der Waals surface area contributed by atoms with E-state index in [1.165, 1.54) is 37.7 Å². The second kappa shape index (κ2) is 10.5. The first-order chi connectivity index (χ1) is 17.4. The molecule has 0 radical (unpaired) electrons. The summed E-state index contributed by atoms with van der Waals surface area (Å²) in [5.74, 6) is 4.08. The van der Waals surface area contributed by atoms with Gasteiger partial charge in [-0.3, -0.25) is 9.78 Å². The molecular formula is C30H39N5O. The lowest BCUT2D eigenvalue weighted by molar-refractivity contribution is -0.116. The third-order valence-electron chi connectivity index (χ3n) is 7.70. The van der Waals surface area contributed by atoms with E-state index in [0.717, 1.165) is 40.4 Å². The van der Waals surface area contributed by atoms with Crippen LogP contribution in [0.2, 0.25) is 0 Å². The largest absolute Gasteiger partial charge is 0.326 e. The highest BCUT2D eigenvalue weighted by Crippen LogP contribution is 2.48. The molecule has 1 atom stereocenters. The molecule has 1 unspecified atom stereocenters. The van der Waals surface area contributed by atoms with Gasteiger partial charge in [0.25, 0.3) is 0 Å². The van der Waals surface area contributed by atoms with Crippen molar-refractivity contribution in [2.45, 2.75) is 90.5 Å². The smallest absolute Gasteiger partial charge is 0.225 e. The number of nitrogens with one attached hydrogen (secondary N) is 1. The Morgan fingerprint density at radius 3 is 2.58 bits per heavy atom. The number of carbonyl (C=O) groups excluding carboxylic acids is 1. The van der Waals surface area contributed by atoms with Crippen molar-refractivity contribution < 1.29 is 4.79 Å². The van der Waals surface area contributed by atoms with Gasteiger partial charge in [-0.25, -0.2) is 0 Å². The standard InChI is InChI=1S/C30H39N5O/c1-19(2)13-22-15-23(16-22)29-33-34-30(35(29)26-9-10-26)24(17-25-7-5-6-12-31-25)18-28(36)32-27-11-8-20(3)14-21(27)4/h5-8,11-12,14,19,22-24,26H,9-10,13,15-18H2,1-4H3,(H,32,36). The lowest BCUT2D eigenvalue weighted by atomic mass is 9.71. The third kappa shape index (κ3) is 5.69. The second-order valence-corrected chi connectivity index (χ2v) is 11.5. The Balaban J connectivity index is 1.38. The van der Waals surface area contributed by atoms with Crippen LogP contribution in [0, 0.1) is 25.7 Å². The van der Waals surface area contributed by atoms with Crippen molar-refractivity contribution in [2.75, 3.05) is 5.32 Å². The zero-order valence-electron chi connectivity index (χ0n) is 22.1. The van der Waals surface area contributed by atoms with E-state index >= 15 is 0 Å². The van der Waals surface area contributed by atoms with E-state index in [2.05, 4.69) is 41.7 Å². The van der Waals surface area contributed by atoms with Gasteiger partial charge in [-0.2, -0.15) is 0 Å². The van der Waals surface area contributed by atoms with Gasteiger partial charge in [0.15, 0.2) is 0 Å². The SMILES string of the molecule is Cc1ccc(NC(=O)CC(Cc2ccccn2)c2nnc(C3CC(CC(C)C)C3)n2C2CC2)c(C)c1. The molecule has 2 heterocycles. The summed E-state index contributed by atoms with van der Waals surface area (Å²) in [6.45, 7) is 8.72. The molecule has 2 fully saturated rings. The average Bonchev–Trinajstić information content (AvgIpc) is 3.56. The lowest BCUT2D eigenvalue weighted by Gasteiger charge is -2.36. The molecule has 6 heteroatoms. The fourth-order valence-electron chi connectivity index (χ4n) is 5.79. The molecule has 190 valence electrons. The number of nitrogens with zero attached hydrogens (tertiary/aromatic N) is 4.